The molecular weight excluding hydrogens is 131 g/mol. The van der Waals surface area contributed by atoms with Crippen LogP contribution in [0.3, 0.4) is 0 Å². The van der Waals surface area contributed by atoms with Gasteiger partial charge in [0, 0.05) is 17.1 Å². The number of rotatable bonds is 0. The largest absolute Gasteiger partial charge is 0.537 e. The van der Waals surface area contributed by atoms with Gasteiger partial charge in [-0.05, 0) is 0 Å². The van der Waals surface area contributed by atoms with Gasteiger partial charge >= 0.3 is 6.16 Å². The zero-order chi connectivity index (χ0) is 4.28. The molecule has 0 atom stereocenters. The van der Waals surface area contributed by atoms with Crippen molar-refractivity contribution in [3.8, 4) is 0 Å². The first kappa shape index (κ1) is 9.23. The van der Waals surface area contributed by atoms with Crippen molar-refractivity contribution in [1.82, 2.24) is 0 Å². The van der Waals surface area contributed by atoms with E-state index in [1.54, 1.807) is 0 Å². The molecule has 0 fully saturated rings. The molecule has 4 nitrogen and oxygen atoms in total. The molecule has 0 aromatic rings. The number of hydrogen-bond donors (Lipinski definition) is 2. The predicted octanol–water partition coefficient (Wildman–Crippen LogP) is 0.151. The van der Waals surface area contributed by atoms with Crippen molar-refractivity contribution in [3.05, 3.63) is 0 Å². The van der Waals surface area contributed by atoms with Crippen LogP contribution in [0.25, 0.3) is 0 Å². The molecule has 0 aliphatic heterocycles. The summed E-state index contributed by atoms with van der Waals surface area (Å²) in [5, 5.41) is 14.3. The molecule has 0 aromatic heterocycles. The van der Waals surface area contributed by atoms with Gasteiger partial charge in [-0.25, -0.2) is 4.79 Å². The Morgan fingerprint density at radius 3 is 1.83 bits per heavy atom. The third-order valence-corrected chi connectivity index (χ3v) is 0.0781. The molecule has 0 aliphatic carbocycles. The Bertz CT molecular complexity index is 42.8. The van der Waals surface area contributed by atoms with Crippen LogP contribution in [0.5, 0.6) is 0 Å². The van der Waals surface area contributed by atoms with Crippen molar-refractivity contribution in [3.63, 3.8) is 0 Å². The molecule has 5 heteroatoms. The van der Waals surface area contributed by atoms with Crippen LogP contribution in [0.2, 0.25) is 0 Å². The average molecular weight is 133 g/mol. The summed E-state index contributed by atoms with van der Waals surface area (Å²) < 4.78 is 0. The summed E-state index contributed by atoms with van der Waals surface area (Å²) in [6, 6.07) is 0. The van der Waals surface area contributed by atoms with E-state index in [1.807, 2.05) is 0 Å². The van der Waals surface area contributed by atoms with Crippen molar-refractivity contribution < 1.29 is 37.1 Å². The van der Waals surface area contributed by atoms with Crippen LogP contribution in [-0.2, 0) is 22.0 Å². The second-order valence-electron chi connectivity index (χ2n) is 0.357. The quantitative estimate of drug-likeness (QED) is 0.280. The van der Waals surface area contributed by atoms with Gasteiger partial charge in [-0.3, -0.25) is 4.89 Å². The third-order valence-electron chi connectivity index (χ3n) is 0.0781. The Hall–Kier alpha value is -0.251. The zero-order valence-electron chi connectivity index (χ0n) is 2.59. The number of carboxylic acid groups (broad SMARTS) is 1. The summed E-state index contributed by atoms with van der Waals surface area (Å²) in [5.41, 5.74) is 0. The molecule has 37 valence electrons. The molecule has 0 aromatic carbocycles. The van der Waals surface area contributed by atoms with Crippen molar-refractivity contribution >= 4 is 6.16 Å². The summed E-state index contributed by atoms with van der Waals surface area (Å²) in [6.07, 6.45) is -1.69. The van der Waals surface area contributed by atoms with E-state index in [4.69, 9.17) is 15.2 Å². The normalized spacial score (nSPS) is 5.50. The standard InChI is InChI=1S/CH2O4.Mn/c2-1(3)5-4;/h4H,(H,2,3);. The second-order valence-corrected chi connectivity index (χ2v) is 0.357. The van der Waals surface area contributed by atoms with Crippen LogP contribution in [0.1, 0.15) is 0 Å². The molecule has 0 rings (SSSR count). The molecule has 0 bridgehead atoms. The van der Waals surface area contributed by atoms with E-state index < -0.39 is 6.16 Å². The molecule has 0 spiro atoms. The Kier molecular flexibility index (Phi) is 7.30. The van der Waals surface area contributed by atoms with Gasteiger partial charge in [0.2, 0.25) is 0 Å². The minimum atomic E-state index is -1.69. The average Bonchev–Trinajstić information content (AvgIpc) is 1.38. The van der Waals surface area contributed by atoms with Crippen molar-refractivity contribution in [2.24, 2.45) is 0 Å². The Morgan fingerprint density at radius 2 is 1.83 bits per heavy atom. The SMILES string of the molecule is O=C(O)OO.[Mn]. The Morgan fingerprint density at radius 1 is 1.67 bits per heavy atom. The Balaban J connectivity index is 0. The first-order valence-electron chi connectivity index (χ1n) is 0.814. The van der Waals surface area contributed by atoms with Crippen LogP contribution in [0.4, 0.5) is 4.79 Å². The molecule has 0 aliphatic rings. The van der Waals surface area contributed by atoms with Crippen LogP contribution >= 0.6 is 0 Å². The van der Waals surface area contributed by atoms with E-state index in [-0.39, 0.29) is 17.1 Å². The van der Waals surface area contributed by atoms with Crippen LogP contribution in [-0.4, -0.2) is 16.5 Å². The fraction of sp³-hybridized carbons (Fsp3) is 0. The molecule has 2 N–H and O–H groups in total. The van der Waals surface area contributed by atoms with Gasteiger partial charge in [0.05, 0.1) is 0 Å². The van der Waals surface area contributed by atoms with Crippen LogP contribution in [0.15, 0.2) is 0 Å². The fourth-order valence-corrected chi connectivity index (χ4v) is 0. The maximum Gasteiger partial charge on any atom is 0.537 e. The van der Waals surface area contributed by atoms with Gasteiger partial charge in [0.1, 0.15) is 0 Å². The monoisotopic (exact) mass is 133 g/mol. The smallest absolute Gasteiger partial charge is 0.448 e. The minimum Gasteiger partial charge on any atom is -0.448 e. The molecule has 0 heterocycles. The summed E-state index contributed by atoms with van der Waals surface area (Å²) in [7, 11) is 0. The first-order chi connectivity index (χ1) is 2.27. The molecule has 0 unspecified atom stereocenters. The molecule has 1 radical (unpaired) electrons. The fourth-order valence-electron chi connectivity index (χ4n) is 0. The van der Waals surface area contributed by atoms with E-state index in [2.05, 4.69) is 4.89 Å². The first-order valence-corrected chi connectivity index (χ1v) is 0.814. The number of hydrogen-bond acceptors (Lipinski definition) is 3. The van der Waals surface area contributed by atoms with Gasteiger partial charge < -0.3 is 5.11 Å². The van der Waals surface area contributed by atoms with Crippen molar-refractivity contribution in [2.75, 3.05) is 0 Å². The summed E-state index contributed by atoms with van der Waals surface area (Å²) in [4.78, 5) is 11.6. The van der Waals surface area contributed by atoms with Crippen LogP contribution < -0.4 is 0 Å². The van der Waals surface area contributed by atoms with Gasteiger partial charge in [-0.1, -0.05) is 0 Å². The summed E-state index contributed by atoms with van der Waals surface area (Å²) in [5.74, 6) is 0. The van der Waals surface area contributed by atoms with E-state index in [0.717, 1.165) is 0 Å². The van der Waals surface area contributed by atoms with Gasteiger partial charge in [0.25, 0.3) is 0 Å². The van der Waals surface area contributed by atoms with E-state index in [9.17, 15) is 0 Å². The van der Waals surface area contributed by atoms with E-state index in [0.29, 0.717) is 0 Å². The van der Waals surface area contributed by atoms with E-state index in [1.165, 1.54) is 0 Å². The molecule has 0 amide bonds. The topological polar surface area (TPSA) is 66.8 Å². The minimum absolute atomic E-state index is 0. The maximum atomic E-state index is 8.90. The molecular formula is CH2MnO4. The van der Waals surface area contributed by atoms with Crippen molar-refractivity contribution in [1.29, 1.82) is 0 Å². The summed E-state index contributed by atoms with van der Waals surface area (Å²) >= 11 is 0. The van der Waals surface area contributed by atoms with Crippen LogP contribution in [0, 0.1) is 0 Å². The predicted molar refractivity (Wildman–Crippen MR) is 11.7 cm³/mol. The van der Waals surface area contributed by atoms with Gasteiger partial charge in [-0.15, -0.1) is 0 Å². The number of carbonyl (C=O) groups is 1. The van der Waals surface area contributed by atoms with Crippen molar-refractivity contribution in [2.45, 2.75) is 0 Å². The third kappa shape index (κ3) is 9.26. The zero-order valence-corrected chi connectivity index (χ0v) is 3.77. The maximum absolute atomic E-state index is 8.90. The summed E-state index contributed by atoms with van der Waals surface area (Å²) in [6.45, 7) is 0. The molecule has 6 heavy (non-hydrogen) atoms. The van der Waals surface area contributed by atoms with Gasteiger partial charge in [-0.2, -0.15) is 5.26 Å². The molecule has 0 saturated heterocycles. The second kappa shape index (κ2) is 4.75. The van der Waals surface area contributed by atoms with Gasteiger partial charge in [0.15, 0.2) is 0 Å². The molecule has 0 saturated carbocycles. The van der Waals surface area contributed by atoms with E-state index >= 15 is 0 Å². The Labute approximate surface area is 44.1 Å².